The number of amides is 1. The number of nitrogens with one attached hydrogen (secondary N) is 1. The zero-order valence-electron chi connectivity index (χ0n) is 11.7. The van der Waals surface area contributed by atoms with Gasteiger partial charge in [-0.05, 0) is 82.4 Å². The van der Waals surface area contributed by atoms with E-state index in [0.717, 1.165) is 33.7 Å². The molecule has 1 aliphatic rings. The van der Waals surface area contributed by atoms with E-state index in [9.17, 15) is 9.59 Å². The van der Waals surface area contributed by atoms with Gasteiger partial charge in [0.25, 0.3) is 5.91 Å². The molecule has 1 N–H and O–H groups in total. The van der Waals surface area contributed by atoms with Gasteiger partial charge in [-0.1, -0.05) is 0 Å². The lowest BCUT2D eigenvalue weighted by molar-refractivity contribution is -0.146. The second-order valence-electron chi connectivity index (χ2n) is 5.17. The molecule has 0 unspecified atom stereocenters. The van der Waals surface area contributed by atoms with Gasteiger partial charge in [0, 0.05) is 14.1 Å². The van der Waals surface area contributed by atoms with Gasteiger partial charge in [0.15, 0.2) is 0 Å². The normalized spacial score (nSPS) is 21.7. The van der Waals surface area contributed by atoms with Crippen molar-refractivity contribution in [2.75, 3.05) is 7.11 Å². The summed E-state index contributed by atoms with van der Waals surface area (Å²) in [5.41, 5.74) is 0.650. The van der Waals surface area contributed by atoms with E-state index in [2.05, 4.69) is 43.8 Å². The molecular formula is C15H17BrINO3. The van der Waals surface area contributed by atoms with E-state index in [1.54, 1.807) is 0 Å². The van der Waals surface area contributed by atoms with E-state index in [1.807, 2.05) is 18.2 Å². The molecule has 114 valence electrons. The number of halogens is 2. The number of benzene rings is 1. The number of carbonyl (C=O) groups excluding carboxylic acids is 2. The van der Waals surface area contributed by atoms with Crippen molar-refractivity contribution in [3.05, 3.63) is 31.8 Å². The quantitative estimate of drug-likeness (QED) is 0.549. The molecule has 6 heteroatoms. The number of esters is 1. The van der Waals surface area contributed by atoms with Crippen LogP contribution in [-0.4, -0.2) is 25.0 Å². The summed E-state index contributed by atoms with van der Waals surface area (Å²) in [6, 6.07) is 5.82. The number of ether oxygens (including phenoxy) is 1. The summed E-state index contributed by atoms with van der Waals surface area (Å²) in [5.74, 6) is -0.227. The minimum atomic E-state index is -0.139. The topological polar surface area (TPSA) is 55.4 Å². The van der Waals surface area contributed by atoms with Crippen molar-refractivity contribution in [1.29, 1.82) is 0 Å². The smallest absolute Gasteiger partial charge is 0.308 e. The van der Waals surface area contributed by atoms with Gasteiger partial charge in [0.05, 0.1) is 18.6 Å². The maximum absolute atomic E-state index is 12.3. The van der Waals surface area contributed by atoms with Crippen molar-refractivity contribution in [3.63, 3.8) is 0 Å². The average Bonchev–Trinajstić information content (AvgIpc) is 2.49. The number of methoxy groups -OCH3 is 1. The Hall–Kier alpha value is -0.630. The molecule has 0 radical (unpaired) electrons. The average molecular weight is 466 g/mol. The van der Waals surface area contributed by atoms with Crippen LogP contribution in [0.5, 0.6) is 0 Å². The van der Waals surface area contributed by atoms with Crippen LogP contribution in [0.4, 0.5) is 0 Å². The van der Waals surface area contributed by atoms with Crippen LogP contribution in [-0.2, 0) is 9.53 Å². The molecule has 0 bridgehead atoms. The number of rotatable bonds is 3. The predicted octanol–water partition coefficient (Wildman–Crippen LogP) is 3.52. The Kier molecular flexibility index (Phi) is 6.04. The fourth-order valence-corrected chi connectivity index (χ4v) is 3.49. The van der Waals surface area contributed by atoms with Crippen LogP contribution in [0.25, 0.3) is 0 Å². The maximum Gasteiger partial charge on any atom is 0.308 e. The van der Waals surface area contributed by atoms with Crippen LogP contribution in [0.2, 0.25) is 0 Å². The molecule has 0 atom stereocenters. The van der Waals surface area contributed by atoms with Crippen LogP contribution < -0.4 is 5.32 Å². The van der Waals surface area contributed by atoms with E-state index < -0.39 is 0 Å². The van der Waals surface area contributed by atoms with E-state index in [1.165, 1.54) is 7.11 Å². The Balaban J connectivity index is 1.93. The summed E-state index contributed by atoms with van der Waals surface area (Å²) in [6.07, 6.45) is 3.16. The van der Waals surface area contributed by atoms with Gasteiger partial charge in [0.1, 0.15) is 0 Å². The molecule has 1 saturated carbocycles. The second kappa shape index (κ2) is 7.58. The Morgan fingerprint density at radius 1 is 1.29 bits per heavy atom. The number of hydrogen-bond acceptors (Lipinski definition) is 3. The summed E-state index contributed by atoms with van der Waals surface area (Å²) in [7, 11) is 1.42. The summed E-state index contributed by atoms with van der Waals surface area (Å²) in [5, 5.41) is 3.06. The third-order valence-corrected chi connectivity index (χ3v) is 5.13. The Bertz CT molecular complexity index is 542. The summed E-state index contributed by atoms with van der Waals surface area (Å²) < 4.78 is 6.59. The van der Waals surface area contributed by atoms with Gasteiger partial charge in [-0.3, -0.25) is 9.59 Å². The fraction of sp³-hybridized carbons (Fsp3) is 0.467. The van der Waals surface area contributed by atoms with Gasteiger partial charge in [0.2, 0.25) is 0 Å². The van der Waals surface area contributed by atoms with Gasteiger partial charge in [-0.2, -0.15) is 0 Å². The Labute approximate surface area is 146 Å². The predicted molar refractivity (Wildman–Crippen MR) is 92.1 cm³/mol. The van der Waals surface area contributed by atoms with E-state index in [0.29, 0.717) is 5.56 Å². The van der Waals surface area contributed by atoms with Gasteiger partial charge in [-0.25, -0.2) is 0 Å². The van der Waals surface area contributed by atoms with Crippen LogP contribution in [0.15, 0.2) is 22.7 Å². The first kappa shape index (κ1) is 16.7. The molecule has 0 saturated heterocycles. The zero-order valence-corrected chi connectivity index (χ0v) is 15.4. The van der Waals surface area contributed by atoms with Crippen LogP contribution in [0.3, 0.4) is 0 Å². The summed E-state index contributed by atoms with van der Waals surface area (Å²) in [4.78, 5) is 23.8. The van der Waals surface area contributed by atoms with E-state index >= 15 is 0 Å². The third-order valence-electron chi connectivity index (χ3n) is 3.77. The lowest BCUT2D eigenvalue weighted by Crippen LogP contribution is -2.39. The standard InChI is InChI=1S/C15H17BrINO3/c1-21-15(20)9-2-5-11(6-3-9)18-14(19)12-8-10(17)4-7-13(12)16/h4,7-9,11H,2-3,5-6H2,1H3,(H,18,19). The third kappa shape index (κ3) is 4.42. The molecule has 0 aliphatic heterocycles. The monoisotopic (exact) mass is 465 g/mol. The molecule has 0 spiro atoms. The SMILES string of the molecule is COC(=O)C1CCC(NC(=O)c2cc(I)ccc2Br)CC1. The number of hydrogen-bond donors (Lipinski definition) is 1. The van der Waals surface area contributed by atoms with Crippen molar-refractivity contribution < 1.29 is 14.3 Å². The van der Waals surface area contributed by atoms with Crippen LogP contribution in [0.1, 0.15) is 36.0 Å². The molecule has 1 aromatic rings. The zero-order chi connectivity index (χ0) is 15.4. The first-order valence-corrected chi connectivity index (χ1v) is 8.72. The maximum atomic E-state index is 12.3. The van der Waals surface area contributed by atoms with Crippen molar-refractivity contribution >= 4 is 50.4 Å². The van der Waals surface area contributed by atoms with Gasteiger partial charge in [-0.15, -0.1) is 0 Å². The Morgan fingerprint density at radius 2 is 1.95 bits per heavy atom. The molecule has 1 fully saturated rings. The van der Waals surface area contributed by atoms with Crippen LogP contribution in [0, 0.1) is 9.49 Å². The van der Waals surface area contributed by atoms with Crippen molar-refractivity contribution in [2.24, 2.45) is 5.92 Å². The van der Waals surface area contributed by atoms with Gasteiger partial charge >= 0.3 is 5.97 Å². The molecule has 4 nitrogen and oxygen atoms in total. The number of carbonyl (C=O) groups is 2. The highest BCUT2D eigenvalue weighted by molar-refractivity contribution is 14.1. The van der Waals surface area contributed by atoms with Crippen molar-refractivity contribution in [3.8, 4) is 0 Å². The Morgan fingerprint density at radius 3 is 2.57 bits per heavy atom. The minimum Gasteiger partial charge on any atom is -0.469 e. The largest absolute Gasteiger partial charge is 0.469 e. The van der Waals surface area contributed by atoms with E-state index in [4.69, 9.17) is 4.74 Å². The van der Waals surface area contributed by atoms with Crippen molar-refractivity contribution in [1.82, 2.24) is 5.32 Å². The highest BCUT2D eigenvalue weighted by Gasteiger charge is 2.28. The highest BCUT2D eigenvalue weighted by atomic mass is 127. The lowest BCUT2D eigenvalue weighted by atomic mass is 9.86. The summed E-state index contributed by atoms with van der Waals surface area (Å²) in [6.45, 7) is 0. The first-order chi connectivity index (χ1) is 10.0. The lowest BCUT2D eigenvalue weighted by Gasteiger charge is -2.27. The fourth-order valence-electron chi connectivity index (χ4n) is 2.57. The second-order valence-corrected chi connectivity index (χ2v) is 7.27. The molecule has 0 aromatic heterocycles. The molecule has 2 rings (SSSR count). The summed E-state index contributed by atoms with van der Waals surface area (Å²) >= 11 is 5.60. The first-order valence-electron chi connectivity index (χ1n) is 6.85. The van der Waals surface area contributed by atoms with E-state index in [-0.39, 0.29) is 23.8 Å². The van der Waals surface area contributed by atoms with Crippen molar-refractivity contribution in [2.45, 2.75) is 31.7 Å². The molecule has 1 amide bonds. The van der Waals surface area contributed by atoms with Gasteiger partial charge < -0.3 is 10.1 Å². The molecule has 0 heterocycles. The van der Waals surface area contributed by atoms with Crippen LogP contribution >= 0.6 is 38.5 Å². The molecule has 1 aromatic carbocycles. The minimum absolute atomic E-state index is 0.0208. The highest BCUT2D eigenvalue weighted by Crippen LogP contribution is 2.26. The molecule has 1 aliphatic carbocycles. The molecular weight excluding hydrogens is 449 g/mol. The molecule has 21 heavy (non-hydrogen) atoms.